The number of hydrogen-bond acceptors (Lipinski definition) is 3. The Bertz CT molecular complexity index is 737. The normalized spacial score (nSPS) is 10.3. The lowest BCUT2D eigenvalue weighted by Gasteiger charge is -2.09. The van der Waals surface area contributed by atoms with Crippen molar-refractivity contribution < 1.29 is 14.3 Å². The molecule has 0 fully saturated rings. The summed E-state index contributed by atoms with van der Waals surface area (Å²) in [4.78, 5) is 23.9. The van der Waals surface area contributed by atoms with Gasteiger partial charge in [-0.05, 0) is 49.9 Å². The molecule has 0 aliphatic rings. The molecule has 0 bridgehead atoms. The molecule has 126 valence electrons. The van der Waals surface area contributed by atoms with E-state index in [0.717, 1.165) is 17.5 Å². The lowest BCUT2D eigenvalue weighted by molar-refractivity contribution is -0.124. The zero-order valence-corrected chi connectivity index (χ0v) is 14.4. The third kappa shape index (κ3) is 4.95. The van der Waals surface area contributed by atoms with Crippen molar-refractivity contribution in [3.63, 3.8) is 0 Å². The number of carbonyl (C=O) groups excluding carboxylic acids is 2. The lowest BCUT2D eigenvalue weighted by Crippen LogP contribution is -2.30. The predicted octanol–water partition coefficient (Wildman–Crippen LogP) is 3.13. The van der Waals surface area contributed by atoms with E-state index in [2.05, 4.69) is 5.32 Å². The second-order valence-electron chi connectivity index (χ2n) is 5.92. The topological polar surface area (TPSA) is 55.4 Å². The lowest BCUT2D eigenvalue weighted by atomic mass is 10.1. The Morgan fingerprint density at radius 3 is 2.50 bits per heavy atom. The summed E-state index contributed by atoms with van der Waals surface area (Å²) in [5, 5.41) is 2.78. The largest absolute Gasteiger partial charge is 0.452 e. The number of benzene rings is 2. The Morgan fingerprint density at radius 2 is 1.75 bits per heavy atom. The molecule has 4 nitrogen and oxygen atoms in total. The molecular formula is C20H23NO3. The quantitative estimate of drug-likeness (QED) is 0.830. The van der Waals surface area contributed by atoms with E-state index < -0.39 is 5.97 Å². The van der Waals surface area contributed by atoms with Gasteiger partial charge < -0.3 is 10.1 Å². The molecular weight excluding hydrogens is 302 g/mol. The molecule has 0 aliphatic carbocycles. The maximum Gasteiger partial charge on any atom is 0.338 e. The number of carbonyl (C=O) groups is 2. The molecule has 0 aliphatic heterocycles. The standard InChI is InChI=1S/C20H23NO3/c1-14-8-9-16(3)18(12-14)20(23)24-13-19(22)21-11-10-17-7-5-4-6-15(17)2/h4-9,12H,10-11,13H2,1-3H3,(H,21,22). The Labute approximate surface area is 142 Å². The van der Waals surface area contributed by atoms with Crippen LogP contribution in [0.15, 0.2) is 42.5 Å². The number of esters is 1. The second-order valence-corrected chi connectivity index (χ2v) is 5.92. The molecule has 0 heterocycles. The molecule has 2 aromatic rings. The average molecular weight is 325 g/mol. The third-order valence-electron chi connectivity index (χ3n) is 3.93. The predicted molar refractivity (Wildman–Crippen MR) is 94.1 cm³/mol. The van der Waals surface area contributed by atoms with Crippen LogP contribution in [0.3, 0.4) is 0 Å². The van der Waals surface area contributed by atoms with Crippen molar-refractivity contribution in [2.24, 2.45) is 0 Å². The van der Waals surface area contributed by atoms with E-state index >= 15 is 0 Å². The smallest absolute Gasteiger partial charge is 0.338 e. The fraction of sp³-hybridized carbons (Fsp3) is 0.300. The number of aryl methyl sites for hydroxylation is 3. The van der Waals surface area contributed by atoms with Gasteiger partial charge in [-0.1, -0.05) is 42.0 Å². The Morgan fingerprint density at radius 1 is 1.00 bits per heavy atom. The van der Waals surface area contributed by atoms with Crippen LogP contribution in [0.1, 0.15) is 32.6 Å². The highest BCUT2D eigenvalue weighted by Gasteiger charge is 2.12. The third-order valence-corrected chi connectivity index (χ3v) is 3.93. The number of amides is 1. The first-order chi connectivity index (χ1) is 11.5. The van der Waals surface area contributed by atoms with Crippen LogP contribution in [0.4, 0.5) is 0 Å². The van der Waals surface area contributed by atoms with Crippen molar-refractivity contribution in [2.45, 2.75) is 27.2 Å². The van der Waals surface area contributed by atoms with Gasteiger partial charge >= 0.3 is 5.97 Å². The van der Waals surface area contributed by atoms with Crippen molar-refractivity contribution >= 4 is 11.9 Å². The first-order valence-electron chi connectivity index (χ1n) is 8.03. The minimum absolute atomic E-state index is 0.264. The Hall–Kier alpha value is -2.62. The van der Waals surface area contributed by atoms with Gasteiger partial charge in [-0.15, -0.1) is 0 Å². The molecule has 0 unspecified atom stereocenters. The monoisotopic (exact) mass is 325 g/mol. The molecule has 24 heavy (non-hydrogen) atoms. The molecule has 0 saturated heterocycles. The van der Waals surface area contributed by atoms with Crippen LogP contribution in [-0.4, -0.2) is 25.0 Å². The molecule has 0 radical (unpaired) electrons. The van der Waals surface area contributed by atoms with Crippen molar-refractivity contribution in [1.29, 1.82) is 0 Å². The molecule has 0 atom stereocenters. The number of rotatable bonds is 6. The second kappa shape index (κ2) is 8.29. The molecule has 2 rings (SSSR count). The summed E-state index contributed by atoms with van der Waals surface area (Å²) in [7, 11) is 0. The van der Waals surface area contributed by atoms with Crippen LogP contribution < -0.4 is 5.32 Å². The van der Waals surface area contributed by atoms with Gasteiger partial charge in [0.1, 0.15) is 0 Å². The highest BCUT2D eigenvalue weighted by molar-refractivity contribution is 5.92. The van der Waals surface area contributed by atoms with Crippen molar-refractivity contribution in [3.05, 3.63) is 70.3 Å². The highest BCUT2D eigenvalue weighted by Crippen LogP contribution is 2.12. The fourth-order valence-electron chi connectivity index (χ4n) is 2.44. The first-order valence-corrected chi connectivity index (χ1v) is 8.03. The summed E-state index contributed by atoms with van der Waals surface area (Å²) in [5.74, 6) is -0.757. The van der Waals surface area contributed by atoms with Crippen molar-refractivity contribution in [3.8, 4) is 0 Å². The number of hydrogen-bond donors (Lipinski definition) is 1. The van der Waals surface area contributed by atoms with Crippen LogP contribution in [-0.2, 0) is 16.0 Å². The van der Waals surface area contributed by atoms with Crippen LogP contribution >= 0.6 is 0 Å². The van der Waals surface area contributed by atoms with E-state index in [0.29, 0.717) is 12.1 Å². The first kappa shape index (κ1) is 17.7. The zero-order valence-electron chi connectivity index (χ0n) is 14.4. The van der Waals surface area contributed by atoms with Crippen LogP contribution in [0.25, 0.3) is 0 Å². The molecule has 0 aromatic heterocycles. The van der Waals surface area contributed by atoms with Crippen LogP contribution in [0.5, 0.6) is 0 Å². The Balaban J connectivity index is 1.78. The van der Waals surface area contributed by atoms with Gasteiger partial charge in [0.25, 0.3) is 5.91 Å². The van der Waals surface area contributed by atoms with Gasteiger partial charge in [0.15, 0.2) is 6.61 Å². The number of ether oxygens (including phenoxy) is 1. The Kier molecular flexibility index (Phi) is 6.13. The van der Waals surface area contributed by atoms with Gasteiger partial charge in [0, 0.05) is 6.54 Å². The molecule has 1 amide bonds. The van der Waals surface area contributed by atoms with Gasteiger partial charge in [-0.3, -0.25) is 4.79 Å². The maximum absolute atomic E-state index is 12.1. The van der Waals surface area contributed by atoms with Crippen LogP contribution in [0.2, 0.25) is 0 Å². The highest BCUT2D eigenvalue weighted by atomic mass is 16.5. The summed E-state index contributed by atoms with van der Waals surface area (Å²) >= 11 is 0. The summed E-state index contributed by atoms with van der Waals surface area (Å²) in [5.41, 5.74) is 4.72. The molecule has 2 aromatic carbocycles. The molecule has 4 heteroatoms. The van der Waals surface area contributed by atoms with E-state index in [1.54, 1.807) is 6.07 Å². The summed E-state index contributed by atoms with van der Waals surface area (Å²) in [6.45, 7) is 6.06. The zero-order chi connectivity index (χ0) is 17.5. The van der Waals surface area contributed by atoms with Gasteiger partial charge in [-0.2, -0.15) is 0 Å². The average Bonchev–Trinajstić information content (AvgIpc) is 2.56. The molecule has 0 saturated carbocycles. The van der Waals surface area contributed by atoms with E-state index in [1.807, 2.05) is 57.2 Å². The van der Waals surface area contributed by atoms with Gasteiger partial charge in [-0.25, -0.2) is 4.79 Å². The number of nitrogens with one attached hydrogen (secondary N) is 1. The van der Waals surface area contributed by atoms with Crippen LogP contribution in [0, 0.1) is 20.8 Å². The van der Waals surface area contributed by atoms with Gasteiger partial charge in [0.2, 0.25) is 0 Å². The van der Waals surface area contributed by atoms with Crippen molar-refractivity contribution in [2.75, 3.05) is 13.2 Å². The fourth-order valence-corrected chi connectivity index (χ4v) is 2.44. The van der Waals surface area contributed by atoms with E-state index in [-0.39, 0.29) is 12.5 Å². The van der Waals surface area contributed by atoms with E-state index in [1.165, 1.54) is 11.1 Å². The summed E-state index contributed by atoms with van der Waals surface area (Å²) in [6, 6.07) is 13.6. The van der Waals surface area contributed by atoms with Crippen molar-refractivity contribution in [1.82, 2.24) is 5.32 Å². The summed E-state index contributed by atoms with van der Waals surface area (Å²) < 4.78 is 5.10. The van der Waals surface area contributed by atoms with E-state index in [4.69, 9.17) is 4.74 Å². The SMILES string of the molecule is Cc1ccc(C)c(C(=O)OCC(=O)NCCc2ccccc2C)c1. The molecule has 0 spiro atoms. The minimum atomic E-state index is -0.467. The maximum atomic E-state index is 12.1. The van der Waals surface area contributed by atoms with Gasteiger partial charge in [0.05, 0.1) is 5.56 Å². The molecule has 1 N–H and O–H groups in total. The summed E-state index contributed by atoms with van der Waals surface area (Å²) in [6.07, 6.45) is 0.753. The minimum Gasteiger partial charge on any atom is -0.452 e. The van der Waals surface area contributed by atoms with E-state index in [9.17, 15) is 9.59 Å².